The molecule has 3 nitrogen and oxygen atoms in total. The molecule has 0 bridgehead atoms. The van der Waals surface area contributed by atoms with Gasteiger partial charge in [0.1, 0.15) is 0 Å². The maximum atomic E-state index is 8.14. The van der Waals surface area contributed by atoms with Crippen LogP contribution in [0.25, 0.3) is 0 Å². The molecule has 0 atom stereocenters. The fourth-order valence-corrected chi connectivity index (χ4v) is 0. The summed E-state index contributed by atoms with van der Waals surface area (Å²) in [4.78, 5) is 0. The third-order valence-corrected chi connectivity index (χ3v) is 0.365. The molecule has 0 heterocycles. The van der Waals surface area contributed by atoms with Gasteiger partial charge in [-0.15, -0.1) is 0 Å². The van der Waals surface area contributed by atoms with Crippen LogP contribution in [0.2, 0.25) is 0 Å². The highest BCUT2D eigenvalue weighted by Crippen LogP contribution is 1.83. The second kappa shape index (κ2) is 9.30. The first kappa shape index (κ1) is 9.99. The SMILES string of the molecule is CC(C)CO.NO. The average molecular weight is 107 g/mol. The zero-order valence-electron chi connectivity index (χ0n) is 4.76. The van der Waals surface area contributed by atoms with Crippen molar-refractivity contribution < 1.29 is 10.3 Å². The van der Waals surface area contributed by atoms with Crippen LogP contribution in [0.1, 0.15) is 13.8 Å². The normalized spacial score (nSPS) is 7.71. The molecule has 4 N–H and O–H groups in total. The standard InChI is InChI=1S/C4H10O.H3NO/c1-4(2)3-5;1-2/h4-5H,3H2,1-2H3;2H,1H2. The van der Waals surface area contributed by atoms with Gasteiger partial charge >= 0.3 is 0 Å². The lowest BCUT2D eigenvalue weighted by molar-refractivity contribution is 0.248. The molecule has 46 valence electrons. The summed E-state index contributed by atoms with van der Waals surface area (Å²) in [6, 6.07) is 0. The summed E-state index contributed by atoms with van der Waals surface area (Å²) in [5, 5.41) is 14.6. The van der Waals surface area contributed by atoms with Crippen LogP contribution in [-0.4, -0.2) is 16.9 Å². The van der Waals surface area contributed by atoms with E-state index in [1.807, 2.05) is 13.8 Å². The lowest BCUT2D eigenvalue weighted by atomic mass is 10.2. The van der Waals surface area contributed by atoms with E-state index in [9.17, 15) is 0 Å². The summed E-state index contributed by atoms with van der Waals surface area (Å²) in [6.07, 6.45) is 0. The Kier molecular flexibility index (Phi) is 13.3. The summed E-state index contributed by atoms with van der Waals surface area (Å²) in [5.41, 5.74) is 0. The van der Waals surface area contributed by atoms with Crippen molar-refractivity contribution in [2.24, 2.45) is 11.8 Å². The molecule has 0 aromatic rings. The third kappa shape index (κ3) is 25.0. The molecule has 3 heteroatoms. The fourth-order valence-electron chi connectivity index (χ4n) is 0. The summed E-state index contributed by atoms with van der Waals surface area (Å²) in [7, 11) is 0. The van der Waals surface area contributed by atoms with E-state index in [0.29, 0.717) is 12.5 Å². The Bertz CT molecular complexity index is 23.7. The Morgan fingerprint density at radius 1 is 1.43 bits per heavy atom. The maximum Gasteiger partial charge on any atom is 0.0453 e. The van der Waals surface area contributed by atoms with E-state index in [1.165, 1.54) is 0 Å². The van der Waals surface area contributed by atoms with Gasteiger partial charge in [-0.25, -0.2) is 5.90 Å². The largest absolute Gasteiger partial charge is 0.396 e. The Hall–Kier alpha value is -0.120. The number of hydrogen-bond donors (Lipinski definition) is 3. The molecule has 0 unspecified atom stereocenters. The molecule has 0 aliphatic carbocycles. The number of rotatable bonds is 1. The van der Waals surface area contributed by atoms with Crippen molar-refractivity contribution in [2.45, 2.75) is 13.8 Å². The van der Waals surface area contributed by atoms with Gasteiger partial charge in [0.2, 0.25) is 0 Å². The van der Waals surface area contributed by atoms with Crippen LogP contribution in [-0.2, 0) is 0 Å². The van der Waals surface area contributed by atoms with Crippen LogP contribution in [0.15, 0.2) is 0 Å². The van der Waals surface area contributed by atoms with Crippen LogP contribution in [0.3, 0.4) is 0 Å². The number of aliphatic hydroxyl groups excluding tert-OH is 1. The maximum absolute atomic E-state index is 8.14. The summed E-state index contributed by atoms with van der Waals surface area (Å²) < 4.78 is 0. The Balaban J connectivity index is 0. The summed E-state index contributed by atoms with van der Waals surface area (Å²) in [5.74, 6) is 3.94. The fraction of sp³-hybridized carbons (Fsp3) is 1.00. The molecule has 0 aromatic heterocycles. The second-order valence-corrected chi connectivity index (χ2v) is 1.58. The molecule has 0 aliphatic rings. The summed E-state index contributed by atoms with van der Waals surface area (Å²) >= 11 is 0. The first-order chi connectivity index (χ1) is 3.27. The Morgan fingerprint density at radius 3 is 1.57 bits per heavy atom. The Morgan fingerprint density at radius 2 is 1.57 bits per heavy atom. The van der Waals surface area contributed by atoms with E-state index in [1.54, 1.807) is 0 Å². The first-order valence-electron chi connectivity index (χ1n) is 2.14. The van der Waals surface area contributed by atoms with E-state index in [4.69, 9.17) is 10.3 Å². The number of nitrogens with two attached hydrogens (primary N) is 1. The molecule has 0 fully saturated rings. The third-order valence-electron chi connectivity index (χ3n) is 0.365. The quantitative estimate of drug-likeness (QED) is 0.412. The van der Waals surface area contributed by atoms with Gasteiger partial charge < -0.3 is 10.3 Å². The predicted molar refractivity (Wildman–Crippen MR) is 27.9 cm³/mol. The van der Waals surface area contributed by atoms with Gasteiger partial charge in [-0.1, -0.05) is 13.8 Å². The van der Waals surface area contributed by atoms with Crippen molar-refractivity contribution in [3.8, 4) is 0 Å². The monoisotopic (exact) mass is 107 g/mol. The molecule has 0 saturated heterocycles. The first-order valence-corrected chi connectivity index (χ1v) is 2.14. The molecular weight excluding hydrogens is 94.0 g/mol. The topological polar surface area (TPSA) is 66.5 Å². The van der Waals surface area contributed by atoms with Crippen molar-refractivity contribution in [3.63, 3.8) is 0 Å². The van der Waals surface area contributed by atoms with E-state index >= 15 is 0 Å². The number of hydrogen-bond acceptors (Lipinski definition) is 3. The molecule has 7 heavy (non-hydrogen) atoms. The molecule has 0 amide bonds. The molecule has 0 radical (unpaired) electrons. The lowest BCUT2D eigenvalue weighted by Gasteiger charge is -1.90. The van der Waals surface area contributed by atoms with Gasteiger partial charge in [-0.2, -0.15) is 0 Å². The Labute approximate surface area is 43.7 Å². The lowest BCUT2D eigenvalue weighted by Crippen LogP contribution is -1.90. The zero-order valence-corrected chi connectivity index (χ0v) is 4.76. The minimum atomic E-state index is 0.306. The van der Waals surface area contributed by atoms with Crippen LogP contribution < -0.4 is 5.90 Å². The highest BCUT2D eigenvalue weighted by Gasteiger charge is 1.81. The van der Waals surface area contributed by atoms with Gasteiger partial charge in [0, 0.05) is 6.61 Å². The predicted octanol–water partition coefficient (Wildman–Crippen LogP) is -0.0310. The van der Waals surface area contributed by atoms with Crippen LogP contribution in [0.4, 0.5) is 0 Å². The van der Waals surface area contributed by atoms with Crippen molar-refractivity contribution in [3.05, 3.63) is 0 Å². The smallest absolute Gasteiger partial charge is 0.0453 e. The van der Waals surface area contributed by atoms with Crippen molar-refractivity contribution >= 4 is 0 Å². The summed E-state index contributed by atoms with van der Waals surface area (Å²) in [6.45, 7) is 4.25. The average Bonchev–Trinajstić information content (AvgIpc) is 1.73. The van der Waals surface area contributed by atoms with Crippen molar-refractivity contribution in [1.29, 1.82) is 0 Å². The van der Waals surface area contributed by atoms with E-state index in [2.05, 4.69) is 5.90 Å². The van der Waals surface area contributed by atoms with Crippen molar-refractivity contribution in [1.82, 2.24) is 0 Å². The molecule has 0 saturated carbocycles. The molecule has 0 aromatic carbocycles. The zero-order chi connectivity index (χ0) is 6.28. The van der Waals surface area contributed by atoms with Crippen LogP contribution in [0, 0.1) is 5.92 Å². The second-order valence-electron chi connectivity index (χ2n) is 1.58. The molecular formula is C4H13NO2. The molecule has 0 spiro atoms. The van der Waals surface area contributed by atoms with Crippen LogP contribution >= 0.6 is 0 Å². The van der Waals surface area contributed by atoms with Gasteiger partial charge in [0.25, 0.3) is 0 Å². The number of aliphatic hydroxyl groups is 1. The van der Waals surface area contributed by atoms with Gasteiger partial charge in [0.05, 0.1) is 0 Å². The van der Waals surface area contributed by atoms with Gasteiger partial charge in [-0.3, -0.25) is 0 Å². The highest BCUT2D eigenvalue weighted by atomic mass is 16.4. The molecule has 0 rings (SSSR count). The van der Waals surface area contributed by atoms with Crippen LogP contribution in [0.5, 0.6) is 0 Å². The van der Waals surface area contributed by atoms with E-state index in [0.717, 1.165) is 0 Å². The van der Waals surface area contributed by atoms with Crippen molar-refractivity contribution in [2.75, 3.05) is 6.61 Å². The minimum absolute atomic E-state index is 0.306. The minimum Gasteiger partial charge on any atom is -0.396 e. The van der Waals surface area contributed by atoms with Gasteiger partial charge in [0.15, 0.2) is 0 Å². The van der Waals surface area contributed by atoms with Gasteiger partial charge in [-0.05, 0) is 5.92 Å². The van der Waals surface area contributed by atoms with E-state index < -0.39 is 0 Å². The van der Waals surface area contributed by atoms with E-state index in [-0.39, 0.29) is 0 Å². The molecule has 0 aliphatic heterocycles. The highest BCUT2D eigenvalue weighted by molar-refractivity contribution is 4.32.